The van der Waals surface area contributed by atoms with E-state index in [2.05, 4.69) is 20.4 Å². The van der Waals surface area contributed by atoms with Gasteiger partial charge in [0.05, 0.1) is 13.1 Å². The molecule has 23 heavy (non-hydrogen) atoms. The number of nitrogens with one attached hydrogen (secondary N) is 1. The summed E-state index contributed by atoms with van der Waals surface area (Å²) in [6, 6.07) is 7.83. The number of rotatable bonds is 7. The van der Waals surface area contributed by atoms with Gasteiger partial charge in [-0.15, -0.1) is 11.8 Å². The van der Waals surface area contributed by atoms with Crippen molar-refractivity contribution >= 4 is 29.3 Å². The molecule has 1 saturated heterocycles. The highest BCUT2D eigenvalue weighted by atomic mass is 35.5. The van der Waals surface area contributed by atoms with Gasteiger partial charge in [-0.05, 0) is 12.1 Å². The third-order valence-electron chi connectivity index (χ3n) is 3.91. The Balaban J connectivity index is 2.08. The molecule has 1 N–H and O–H groups in total. The Bertz CT molecular complexity index is 550. The van der Waals surface area contributed by atoms with Crippen LogP contribution in [0.1, 0.15) is 24.8 Å². The van der Waals surface area contributed by atoms with Crippen LogP contribution < -0.4 is 4.90 Å². The van der Waals surface area contributed by atoms with Crippen LogP contribution in [-0.4, -0.2) is 42.7 Å². The molecule has 126 valence electrons. The highest BCUT2D eigenvalue weighted by molar-refractivity contribution is 7.99. The second kappa shape index (κ2) is 8.76. The van der Waals surface area contributed by atoms with E-state index < -0.39 is 0 Å². The largest absolute Gasteiger partial charge is 0.324 e. The molecule has 0 spiro atoms. The monoisotopic (exact) mass is 353 g/mol. The van der Waals surface area contributed by atoms with E-state index >= 15 is 0 Å². The van der Waals surface area contributed by atoms with Crippen molar-refractivity contribution in [1.29, 1.82) is 0 Å². The molecule has 1 aromatic carbocycles. The zero-order chi connectivity index (χ0) is 16.8. The molecule has 0 bridgehead atoms. The van der Waals surface area contributed by atoms with Gasteiger partial charge < -0.3 is 9.80 Å². The molecular formula is C18H26ClN2OS+. The van der Waals surface area contributed by atoms with Crippen LogP contribution in [0.3, 0.4) is 0 Å². The molecular weight excluding hydrogens is 328 g/mol. The molecule has 0 aromatic heterocycles. The Hall–Kier alpha value is -0.970. The minimum atomic E-state index is 0.0419. The summed E-state index contributed by atoms with van der Waals surface area (Å²) in [6.07, 6.45) is 1.90. The van der Waals surface area contributed by atoms with Crippen molar-refractivity contribution < 1.29 is 9.69 Å². The van der Waals surface area contributed by atoms with E-state index in [9.17, 15) is 4.79 Å². The van der Waals surface area contributed by atoms with E-state index in [4.69, 9.17) is 11.6 Å². The topological polar surface area (TPSA) is 24.8 Å². The van der Waals surface area contributed by atoms with Gasteiger partial charge in [0.25, 0.3) is 5.91 Å². The standard InChI is InChI=1S/C18H25ClN2OS/c1-4-9-20(12-14(2)3)13-17(22)21-10-11-23-18(21)15-7-5-6-8-16(15)19/h4-8,14,18H,1,9-13H2,2-3H3/p+1/t18-/m0/s1. The number of nitrogens with zero attached hydrogens (tertiary/aromatic N) is 1. The van der Waals surface area contributed by atoms with Crippen LogP contribution in [0.25, 0.3) is 0 Å². The van der Waals surface area contributed by atoms with Crippen molar-refractivity contribution in [3.8, 4) is 0 Å². The Labute approximate surface area is 148 Å². The molecule has 5 heteroatoms. The second-order valence-electron chi connectivity index (χ2n) is 6.35. The predicted octanol–water partition coefficient (Wildman–Crippen LogP) is 2.64. The number of carbonyl (C=O) groups excluding carboxylic acids is 1. The summed E-state index contributed by atoms with van der Waals surface area (Å²) in [7, 11) is 0. The number of halogens is 1. The van der Waals surface area contributed by atoms with Gasteiger partial charge in [0.15, 0.2) is 6.54 Å². The molecule has 2 atom stereocenters. The minimum absolute atomic E-state index is 0.0419. The van der Waals surface area contributed by atoms with Gasteiger partial charge in [-0.1, -0.05) is 50.2 Å². The molecule has 1 aromatic rings. The maximum absolute atomic E-state index is 12.8. The number of amides is 1. The fourth-order valence-corrected chi connectivity index (χ4v) is 4.60. The van der Waals surface area contributed by atoms with Crippen LogP contribution >= 0.6 is 23.4 Å². The molecule has 1 unspecified atom stereocenters. The summed E-state index contributed by atoms with van der Waals surface area (Å²) in [4.78, 5) is 16.1. The lowest BCUT2D eigenvalue weighted by molar-refractivity contribution is -0.889. The van der Waals surface area contributed by atoms with Crippen LogP contribution in [0.15, 0.2) is 36.9 Å². The van der Waals surface area contributed by atoms with Gasteiger partial charge in [0, 0.05) is 28.8 Å². The number of hydrogen-bond acceptors (Lipinski definition) is 2. The molecule has 0 aliphatic carbocycles. The van der Waals surface area contributed by atoms with E-state index in [1.807, 2.05) is 35.2 Å². The number of quaternary nitrogens is 1. The number of thioether (sulfide) groups is 1. The Morgan fingerprint density at radius 2 is 2.26 bits per heavy atom. The third-order valence-corrected chi connectivity index (χ3v) is 5.50. The van der Waals surface area contributed by atoms with Gasteiger partial charge in [0.2, 0.25) is 0 Å². The lowest BCUT2D eigenvalue weighted by atomic mass is 10.2. The molecule has 1 fully saturated rings. The van der Waals surface area contributed by atoms with E-state index in [-0.39, 0.29) is 11.3 Å². The van der Waals surface area contributed by atoms with Crippen LogP contribution in [-0.2, 0) is 4.79 Å². The van der Waals surface area contributed by atoms with Crippen molar-refractivity contribution in [2.45, 2.75) is 19.2 Å². The predicted molar refractivity (Wildman–Crippen MR) is 99.0 cm³/mol. The quantitative estimate of drug-likeness (QED) is 0.762. The molecule has 0 saturated carbocycles. The van der Waals surface area contributed by atoms with E-state index in [1.165, 1.54) is 4.90 Å². The van der Waals surface area contributed by atoms with Crippen molar-refractivity contribution in [2.75, 3.05) is 31.9 Å². The highest BCUT2D eigenvalue weighted by Crippen LogP contribution is 2.40. The summed E-state index contributed by atoms with van der Waals surface area (Å²) in [6.45, 7) is 11.3. The lowest BCUT2D eigenvalue weighted by Gasteiger charge is -2.27. The third kappa shape index (κ3) is 5.00. The fraction of sp³-hybridized carbons (Fsp3) is 0.500. The zero-order valence-electron chi connectivity index (χ0n) is 13.9. The molecule has 1 aliphatic rings. The molecule has 3 nitrogen and oxygen atoms in total. The van der Waals surface area contributed by atoms with E-state index in [0.29, 0.717) is 12.5 Å². The number of benzene rings is 1. The van der Waals surface area contributed by atoms with Gasteiger partial charge in [-0.25, -0.2) is 0 Å². The first-order valence-corrected chi connectivity index (χ1v) is 9.55. The molecule has 1 heterocycles. The molecule has 2 rings (SSSR count). The number of hydrogen-bond donors (Lipinski definition) is 1. The van der Waals surface area contributed by atoms with Crippen molar-refractivity contribution in [3.63, 3.8) is 0 Å². The molecule has 1 aliphatic heterocycles. The zero-order valence-corrected chi connectivity index (χ0v) is 15.5. The maximum Gasteiger partial charge on any atom is 0.278 e. The first-order valence-electron chi connectivity index (χ1n) is 8.13. The van der Waals surface area contributed by atoms with Crippen molar-refractivity contribution in [2.24, 2.45) is 5.92 Å². The summed E-state index contributed by atoms with van der Waals surface area (Å²) < 4.78 is 0. The molecule has 1 amide bonds. The van der Waals surface area contributed by atoms with E-state index in [0.717, 1.165) is 36.0 Å². The second-order valence-corrected chi connectivity index (χ2v) is 7.94. The SMILES string of the molecule is C=CC[NH+](CC(=O)N1CCS[C@H]1c1ccccc1Cl)CC(C)C. The van der Waals surface area contributed by atoms with Crippen molar-refractivity contribution in [3.05, 3.63) is 47.5 Å². The van der Waals surface area contributed by atoms with Crippen LogP contribution in [0.2, 0.25) is 5.02 Å². The fourth-order valence-electron chi connectivity index (χ4n) is 2.98. The van der Waals surface area contributed by atoms with Gasteiger partial charge in [-0.3, -0.25) is 4.79 Å². The highest BCUT2D eigenvalue weighted by Gasteiger charge is 2.33. The number of carbonyl (C=O) groups is 1. The van der Waals surface area contributed by atoms with E-state index in [1.54, 1.807) is 11.8 Å². The first kappa shape index (κ1) is 18.4. The average molecular weight is 354 g/mol. The van der Waals surface area contributed by atoms with Crippen LogP contribution in [0, 0.1) is 5.92 Å². The van der Waals surface area contributed by atoms with Crippen LogP contribution in [0.4, 0.5) is 0 Å². The van der Waals surface area contributed by atoms with Gasteiger partial charge >= 0.3 is 0 Å². The summed E-state index contributed by atoms with van der Waals surface area (Å²) in [5.74, 6) is 1.73. The minimum Gasteiger partial charge on any atom is -0.324 e. The summed E-state index contributed by atoms with van der Waals surface area (Å²) in [5.41, 5.74) is 1.04. The van der Waals surface area contributed by atoms with Crippen LogP contribution in [0.5, 0.6) is 0 Å². The normalized spacial score (nSPS) is 19.1. The summed E-state index contributed by atoms with van der Waals surface area (Å²) >= 11 is 8.12. The summed E-state index contributed by atoms with van der Waals surface area (Å²) in [5, 5.41) is 0.780. The van der Waals surface area contributed by atoms with Gasteiger partial charge in [0.1, 0.15) is 5.37 Å². The lowest BCUT2D eigenvalue weighted by Crippen LogP contribution is -3.13. The van der Waals surface area contributed by atoms with Crippen molar-refractivity contribution in [1.82, 2.24) is 4.90 Å². The average Bonchev–Trinajstić information content (AvgIpc) is 2.96. The van der Waals surface area contributed by atoms with Gasteiger partial charge in [-0.2, -0.15) is 0 Å². The molecule has 0 radical (unpaired) electrons. The smallest absolute Gasteiger partial charge is 0.278 e. The Morgan fingerprint density at radius 3 is 2.91 bits per heavy atom. The Kier molecular flexibility index (Phi) is 7.00. The first-order chi connectivity index (χ1) is 11.0. The Morgan fingerprint density at radius 1 is 1.52 bits per heavy atom. The maximum atomic E-state index is 12.8.